The average molecular weight is 183 g/mol. The Morgan fingerprint density at radius 1 is 1.46 bits per heavy atom. The maximum Gasteiger partial charge on any atom is 0.261 e. The summed E-state index contributed by atoms with van der Waals surface area (Å²) in [6, 6.07) is -0.284. The standard InChI is InChI=1S/C8H13N3O2/c1-9-11-7(12)5-3-2-4-10-6(5)8(11)13/h5-6,9-10H,2-4H2,1H3. The number of rotatable bonds is 1. The number of hydrogen-bond donors (Lipinski definition) is 2. The van der Waals surface area contributed by atoms with Gasteiger partial charge in [-0.15, -0.1) is 0 Å². The Labute approximate surface area is 76.4 Å². The van der Waals surface area contributed by atoms with E-state index >= 15 is 0 Å². The molecule has 0 aromatic heterocycles. The minimum Gasteiger partial charge on any atom is -0.305 e. The first-order chi connectivity index (χ1) is 6.25. The molecule has 2 aliphatic rings. The fourth-order valence-electron chi connectivity index (χ4n) is 2.05. The van der Waals surface area contributed by atoms with Gasteiger partial charge in [0.25, 0.3) is 5.91 Å². The van der Waals surface area contributed by atoms with E-state index in [1.807, 2.05) is 0 Å². The molecular weight excluding hydrogens is 170 g/mol. The second-order valence-electron chi connectivity index (χ2n) is 3.42. The maximum atomic E-state index is 11.6. The molecule has 5 heteroatoms. The minimum absolute atomic E-state index is 0.0929. The van der Waals surface area contributed by atoms with E-state index in [0.29, 0.717) is 0 Å². The number of nitrogens with one attached hydrogen (secondary N) is 2. The highest BCUT2D eigenvalue weighted by Gasteiger charge is 2.48. The van der Waals surface area contributed by atoms with Crippen LogP contribution in [0, 0.1) is 5.92 Å². The zero-order chi connectivity index (χ0) is 9.42. The molecule has 2 unspecified atom stereocenters. The minimum atomic E-state index is -0.284. The molecule has 0 aromatic carbocycles. The lowest BCUT2D eigenvalue weighted by molar-refractivity contribution is -0.142. The van der Waals surface area contributed by atoms with Crippen molar-refractivity contribution in [1.29, 1.82) is 0 Å². The van der Waals surface area contributed by atoms with Crippen LogP contribution in [0.2, 0.25) is 0 Å². The highest BCUT2D eigenvalue weighted by atomic mass is 16.2. The molecule has 2 rings (SSSR count). The summed E-state index contributed by atoms with van der Waals surface area (Å²) in [6.07, 6.45) is 1.79. The summed E-state index contributed by atoms with van der Waals surface area (Å²) in [6.45, 7) is 0.831. The topological polar surface area (TPSA) is 61.4 Å². The van der Waals surface area contributed by atoms with Gasteiger partial charge < -0.3 is 5.32 Å². The van der Waals surface area contributed by atoms with Crippen molar-refractivity contribution in [3.63, 3.8) is 0 Å². The van der Waals surface area contributed by atoms with Crippen LogP contribution in [0.3, 0.4) is 0 Å². The molecule has 72 valence electrons. The van der Waals surface area contributed by atoms with Crippen LogP contribution in [0.25, 0.3) is 0 Å². The molecule has 0 spiro atoms. The second kappa shape index (κ2) is 3.08. The molecule has 2 fully saturated rings. The third-order valence-corrected chi connectivity index (χ3v) is 2.71. The van der Waals surface area contributed by atoms with Gasteiger partial charge in [0.2, 0.25) is 5.91 Å². The lowest BCUT2D eigenvalue weighted by Crippen LogP contribution is -2.45. The molecule has 0 bridgehead atoms. The molecular formula is C8H13N3O2. The van der Waals surface area contributed by atoms with Crippen LogP contribution in [0.4, 0.5) is 0 Å². The molecule has 5 nitrogen and oxygen atoms in total. The summed E-state index contributed by atoms with van der Waals surface area (Å²) in [4.78, 5) is 23.1. The first-order valence-electron chi connectivity index (χ1n) is 4.54. The van der Waals surface area contributed by atoms with Crippen molar-refractivity contribution >= 4 is 11.8 Å². The van der Waals surface area contributed by atoms with Crippen molar-refractivity contribution in [3.8, 4) is 0 Å². The van der Waals surface area contributed by atoms with Crippen LogP contribution in [-0.2, 0) is 9.59 Å². The zero-order valence-corrected chi connectivity index (χ0v) is 7.54. The van der Waals surface area contributed by atoms with E-state index in [1.54, 1.807) is 7.05 Å². The van der Waals surface area contributed by atoms with Gasteiger partial charge in [-0.2, -0.15) is 0 Å². The van der Waals surface area contributed by atoms with Crippen molar-refractivity contribution in [1.82, 2.24) is 15.8 Å². The van der Waals surface area contributed by atoms with Gasteiger partial charge in [0, 0.05) is 7.05 Å². The number of fused-ring (bicyclic) bond motifs is 1. The lowest BCUT2D eigenvalue weighted by atomic mass is 9.93. The van der Waals surface area contributed by atoms with E-state index in [1.165, 1.54) is 0 Å². The van der Waals surface area contributed by atoms with Gasteiger partial charge >= 0.3 is 0 Å². The summed E-state index contributed by atoms with van der Waals surface area (Å²) in [7, 11) is 1.59. The smallest absolute Gasteiger partial charge is 0.261 e. The van der Waals surface area contributed by atoms with Crippen molar-refractivity contribution in [2.75, 3.05) is 13.6 Å². The van der Waals surface area contributed by atoms with Crippen molar-refractivity contribution in [3.05, 3.63) is 0 Å². The van der Waals surface area contributed by atoms with Crippen LogP contribution < -0.4 is 10.7 Å². The first kappa shape index (κ1) is 8.65. The molecule has 2 heterocycles. The SMILES string of the molecule is CNN1C(=O)C2CCCNC2C1=O. The highest BCUT2D eigenvalue weighted by Crippen LogP contribution is 2.25. The number of imide groups is 1. The Hall–Kier alpha value is -0.940. The normalized spacial score (nSPS) is 33.8. The van der Waals surface area contributed by atoms with Gasteiger partial charge in [0.05, 0.1) is 5.92 Å². The van der Waals surface area contributed by atoms with Gasteiger partial charge in [0.15, 0.2) is 0 Å². The van der Waals surface area contributed by atoms with Crippen LogP contribution in [-0.4, -0.2) is 36.5 Å². The monoisotopic (exact) mass is 183 g/mol. The summed E-state index contributed by atoms with van der Waals surface area (Å²) in [5.74, 6) is -0.379. The number of nitrogens with zero attached hydrogens (tertiary/aromatic N) is 1. The number of carbonyl (C=O) groups is 2. The Kier molecular flexibility index (Phi) is 2.05. The molecule has 0 aromatic rings. The third kappa shape index (κ3) is 1.15. The number of carbonyl (C=O) groups excluding carboxylic acids is 2. The van der Waals surface area contributed by atoms with Crippen LogP contribution in [0.15, 0.2) is 0 Å². The fraction of sp³-hybridized carbons (Fsp3) is 0.750. The van der Waals surface area contributed by atoms with Crippen molar-refractivity contribution in [2.24, 2.45) is 5.92 Å². The number of hydrazine groups is 1. The lowest BCUT2D eigenvalue weighted by Gasteiger charge is -2.21. The molecule has 2 aliphatic heterocycles. The van der Waals surface area contributed by atoms with Crippen molar-refractivity contribution < 1.29 is 9.59 Å². The van der Waals surface area contributed by atoms with Crippen LogP contribution in [0.5, 0.6) is 0 Å². The van der Waals surface area contributed by atoms with Crippen LogP contribution in [0.1, 0.15) is 12.8 Å². The molecule has 2 amide bonds. The van der Waals surface area contributed by atoms with E-state index in [9.17, 15) is 9.59 Å². The molecule has 0 radical (unpaired) electrons. The first-order valence-corrected chi connectivity index (χ1v) is 4.54. The quantitative estimate of drug-likeness (QED) is 0.504. The summed E-state index contributed by atoms with van der Waals surface area (Å²) in [5, 5.41) is 4.19. The largest absolute Gasteiger partial charge is 0.305 e. The van der Waals surface area contributed by atoms with E-state index in [0.717, 1.165) is 24.4 Å². The number of piperidine rings is 1. The maximum absolute atomic E-state index is 11.6. The molecule has 0 saturated carbocycles. The summed E-state index contributed by atoms with van der Waals surface area (Å²) < 4.78 is 0. The molecule has 13 heavy (non-hydrogen) atoms. The third-order valence-electron chi connectivity index (χ3n) is 2.71. The van der Waals surface area contributed by atoms with E-state index < -0.39 is 0 Å². The molecule has 2 atom stereocenters. The van der Waals surface area contributed by atoms with Gasteiger partial charge in [0.1, 0.15) is 6.04 Å². The molecule has 0 aliphatic carbocycles. The van der Waals surface area contributed by atoms with E-state index in [-0.39, 0.29) is 23.8 Å². The Balaban J connectivity index is 2.22. The highest BCUT2D eigenvalue weighted by molar-refractivity contribution is 6.06. The number of amides is 2. The number of hydrogen-bond acceptors (Lipinski definition) is 4. The van der Waals surface area contributed by atoms with Gasteiger partial charge in [-0.3, -0.25) is 9.59 Å². The Morgan fingerprint density at radius 2 is 2.23 bits per heavy atom. The summed E-state index contributed by atoms with van der Waals surface area (Å²) >= 11 is 0. The summed E-state index contributed by atoms with van der Waals surface area (Å²) in [5.41, 5.74) is 2.61. The molecule has 2 saturated heterocycles. The van der Waals surface area contributed by atoms with E-state index in [4.69, 9.17) is 0 Å². The average Bonchev–Trinajstić information content (AvgIpc) is 2.41. The zero-order valence-electron chi connectivity index (χ0n) is 7.54. The predicted molar refractivity (Wildman–Crippen MR) is 45.4 cm³/mol. The van der Waals surface area contributed by atoms with Crippen molar-refractivity contribution in [2.45, 2.75) is 18.9 Å². The fourth-order valence-corrected chi connectivity index (χ4v) is 2.05. The Bertz CT molecular complexity index is 230. The van der Waals surface area contributed by atoms with Crippen LogP contribution >= 0.6 is 0 Å². The molecule has 2 N–H and O–H groups in total. The van der Waals surface area contributed by atoms with E-state index in [2.05, 4.69) is 10.7 Å². The van der Waals surface area contributed by atoms with Gasteiger partial charge in [-0.1, -0.05) is 0 Å². The Morgan fingerprint density at radius 3 is 2.85 bits per heavy atom. The van der Waals surface area contributed by atoms with Gasteiger partial charge in [-0.05, 0) is 19.4 Å². The second-order valence-corrected chi connectivity index (χ2v) is 3.42. The van der Waals surface area contributed by atoms with Gasteiger partial charge in [-0.25, -0.2) is 10.4 Å². The predicted octanol–water partition coefficient (Wildman–Crippen LogP) is -1.14.